The van der Waals surface area contributed by atoms with E-state index in [0.29, 0.717) is 24.1 Å². The Bertz CT molecular complexity index is 1320. The molecule has 2 atom stereocenters. The number of amidine groups is 1. The summed E-state index contributed by atoms with van der Waals surface area (Å²) in [5.41, 5.74) is 6.02. The Morgan fingerprint density at radius 3 is 2.77 bits per heavy atom. The first-order chi connectivity index (χ1) is 16.4. The predicted octanol–water partition coefficient (Wildman–Crippen LogP) is 2.49. The number of nitriles is 1. The zero-order valence-corrected chi connectivity index (χ0v) is 21.1. The average Bonchev–Trinajstić information content (AvgIpc) is 3.02. The quantitative estimate of drug-likeness (QED) is 0.477. The lowest BCUT2D eigenvalue weighted by Crippen LogP contribution is -2.67. The van der Waals surface area contributed by atoms with Gasteiger partial charge in [-0.15, -0.1) is 0 Å². The minimum atomic E-state index is -3.17. The SMILES string of the molecule is Cc1cc(C#N)cnc1C(=O)Nc1ccc(F)c([C@@]2(C)N=C(N)C(C)(C)[SH]3(=O)NCCCC[C@H]23)n1. The van der Waals surface area contributed by atoms with E-state index in [1.807, 2.05) is 19.9 Å². The number of aromatic nitrogens is 2. The first kappa shape index (κ1) is 24.9. The van der Waals surface area contributed by atoms with Crippen molar-refractivity contribution in [3.05, 3.63) is 52.7 Å². The second kappa shape index (κ2) is 8.77. The maximum Gasteiger partial charge on any atom is 0.275 e. The number of carbonyl (C=O) groups excluding carboxylic acids is 1. The van der Waals surface area contributed by atoms with Crippen molar-refractivity contribution >= 4 is 27.7 Å². The Morgan fingerprint density at radius 1 is 1.34 bits per heavy atom. The molecule has 0 aliphatic carbocycles. The van der Waals surface area contributed by atoms with Crippen LogP contribution in [0.3, 0.4) is 0 Å². The highest BCUT2D eigenvalue weighted by molar-refractivity contribution is 8.03. The molecule has 35 heavy (non-hydrogen) atoms. The van der Waals surface area contributed by atoms with Gasteiger partial charge in [-0.1, -0.05) is 6.42 Å². The normalized spacial score (nSPS) is 25.8. The number of anilines is 1. The van der Waals surface area contributed by atoms with Gasteiger partial charge in [0.2, 0.25) is 0 Å². The van der Waals surface area contributed by atoms with E-state index in [0.717, 1.165) is 12.8 Å². The molecule has 1 amide bonds. The Kier molecular flexibility index (Phi) is 6.23. The number of carbonyl (C=O) groups is 1. The third kappa shape index (κ3) is 4.00. The van der Waals surface area contributed by atoms with Gasteiger partial charge in [-0.25, -0.2) is 14.4 Å². The summed E-state index contributed by atoms with van der Waals surface area (Å²) in [6, 6.07) is 6.10. The third-order valence-corrected chi connectivity index (χ3v) is 11.4. The Labute approximate surface area is 205 Å². The van der Waals surface area contributed by atoms with Gasteiger partial charge < -0.3 is 11.1 Å². The van der Waals surface area contributed by atoms with Gasteiger partial charge in [0.1, 0.15) is 40.5 Å². The van der Waals surface area contributed by atoms with E-state index in [4.69, 9.17) is 16.0 Å². The van der Waals surface area contributed by atoms with Gasteiger partial charge in [-0.3, -0.25) is 18.7 Å². The van der Waals surface area contributed by atoms with Gasteiger partial charge in [0.15, 0.2) is 0 Å². The van der Waals surface area contributed by atoms with Gasteiger partial charge in [-0.05, 0) is 74.4 Å². The molecule has 2 aromatic rings. The van der Waals surface area contributed by atoms with Crippen LogP contribution in [0, 0.1) is 24.1 Å². The highest BCUT2D eigenvalue weighted by Gasteiger charge is 2.57. The molecular formula is C24H30FN7O2S. The van der Waals surface area contributed by atoms with E-state index in [-0.39, 0.29) is 23.0 Å². The number of fused-ring (bicyclic) bond motifs is 1. The van der Waals surface area contributed by atoms with Crippen molar-refractivity contribution in [1.82, 2.24) is 14.7 Å². The highest BCUT2D eigenvalue weighted by Crippen LogP contribution is 2.47. The van der Waals surface area contributed by atoms with Crippen molar-refractivity contribution in [2.75, 3.05) is 11.9 Å². The van der Waals surface area contributed by atoms with Crippen LogP contribution in [0.4, 0.5) is 10.2 Å². The molecule has 1 saturated heterocycles. The van der Waals surface area contributed by atoms with Crippen molar-refractivity contribution in [2.45, 2.75) is 62.5 Å². The minimum absolute atomic E-state index is 0.0211. The van der Waals surface area contributed by atoms with Crippen LogP contribution in [-0.2, 0) is 15.7 Å². The zero-order valence-electron chi connectivity index (χ0n) is 20.2. The van der Waals surface area contributed by atoms with Crippen LogP contribution in [0.2, 0.25) is 0 Å². The van der Waals surface area contributed by atoms with Crippen LogP contribution in [0.5, 0.6) is 0 Å². The summed E-state index contributed by atoms with van der Waals surface area (Å²) >= 11 is 0. The zero-order chi connectivity index (χ0) is 25.6. The lowest BCUT2D eigenvalue weighted by Gasteiger charge is -2.53. The summed E-state index contributed by atoms with van der Waals surface area (Å²) in [6.07, 6.45) is 3.54. The molecule has 0 unspecified atom stereocenters. The van der Waals surface area contributed by atoms with Gasteiger partial charge in [0.05, 0.1) is 15.6 Å². The molecule has 0 spiro atoms. The summed E-state index contributed by atoms with van der Waals surface area (Å²) < 4.78 is 32.1. The number of halogens is 1. The van der Waals surface area contributed by atoms with E-state index in [9.17, 15) is 9.00 Å². The average molecular weight is 500 g/mol. The van der Waals surface area contributed by atoms with Crippen molar-refractivity contribution in [3.63, 3.8) is 0 Å². The van der Waals surface area contributed by atoms with Crippen LogP contribution in [0.25, 0.3) is 0 Å². The lowest BCUT2D eigenvalue weighted by molar-refractivity contribution is 0.102. The molecule has 9 nitrogen and oxygen atoms in total. The van der Waals surface area contributed by atoms with E-state index in [2.05, 4.69) is 20.0 Å². The molecule has 11 heteroatoms. The summed E-state index contributed by atoms with van der Waals surface area (Å²) in [6.45, 7) is 7.59. The summed E-state index contributed by atoms with van der Waals surface area (Å²) in [5.74, 6) is -0.878. The molecular weight excluding hydrogens is 469 g/mol. The molecule has 0 radical (unpaired) electrons. The standard InChI is InChI=1S/C24H30FN7O2S/c1-14-11-15(12-26)13-28-19(14)21(33)31-18-9-8-16(25)20(30-18)24(4)17-7-5-6-10-29-35(17,34)23(2,3)22(27)32-24/h8-9,11,13,17,35H,5-7,10H2,1-4H3,(H2,27,32)(H,29,34)(H,30,31,33)/t17-,24+/m1/s1. The number of nitrogens with zero attached hydrogens (tertiary/aromatic N) is 4. The van der Waals surface area contributed by atoms with Crippen LogP contribution in [0.15, 0.2) is 29.4 Å². The van der Waals surface area contributed by atoms with Crippen LogP contribution < -0.4 is 15.8 Å². The Balaban J connectivity index is 1.76. The second-order valence-corrected chi connectivity index (χ2v) is 13.1. The number of hydrogen-bond donors (Lipinski definition) is 4. The first-order valence-electron chi connectivity index (χ1n) is 11.5. The topological polar surface area (TPSA) is 146 Å². The molecule has 4 N–H and O–H groups in total. The van der Waals surface area contributed by atoms with E-state index in [1.54, 1.807) is 19.9 Å². The van der Waals surface area contributed by atoms with Crippen molar-refractivity contribution < 1.29 is 13.4 Å². The number of amides is 1. The summed E-state index contributed by atoms with van der Waals surface area (Å²) in [5, 5.41) is 11.2. The number of hydrogen-bond acceptors (Lipinski definition) is 7. The monoisotopic (exact) mass is 499 g/mol. The number of aliphatic imine (C=N–C) groups is 1. The van der Waals surface area contributed by atoms with Gasteiger partial charge >= 0.3 is 0 Å². The van der Waals surface area contributed by atoms with Crippen LogP contribution >= 0.6 is 0 Å². The van der Waals surface area contributed by atoms with Gasteiger partial charge in [0, 0.05) is 12.7 Å². The highest BCUT2D eigenvalue weighted by atomic mass is 32.3. The predicted molar refractivity (Wildman–Crippen MR) is 134 cm³/mol. The molecule has 1 fully saturated rings. The van der Waals surface area contributed by atoms with Crippen molar-refractivity contribution in [2.24, 2.45) is 10.7 Å². The van der Waals surface area contributed by atoms with Crippen LogP contribution in [-0.4, -0.2) is 42.5 Å². The number of pyridine rings is 2. The molecule has 0 saturated carbocycles. The smallest absolute Gasteiger partial charge is 0.275 e. The largest absolute Gasteiger partial charge is 0.386 e. The summed E-state index contributed by atoms with van der Waals surface area (Å²) in [4.78, 5) is 26.1. The fourth-order valence-electron chi connectivity index (χ4n) is 4.98. The maximum absolute atomic E-state index is 15.3. The number of thiol groups is 1. The molecule has 4 rings (SSSR count). The number of nitrogens with two attached hydrogens (primary N) is 1. The second-order valence-electron chi connectivity index (χ2n) is 9.76. The fraction of sp³-hybridized carbons (Fsp3) is 0.458. The third-order valence-electron chi connectivity index (χ3n) is 7.14. The molecule has 2 aliphatic heterocycles. The van der Waals surface area contributed by atoms with Crippen molar-refractivity contribution in [1.29, 1.82) is 5.26 Å². The lowest BCUT2D eigenvalue weighted by atomic mass is 9.88. The Hall–Kier alpha value is -3.23. The number of rotatable bonds is 3. The van der Waals surface area contributed by atoms with E-state index < -0.39 is 37.4 Å². The molecule has 4 heterocycles. The van der Waals surface area contributed by atoms with E-state index in [1.165, 1.54) is 18.3 Å². The van der Waals surface area contributed by atoms with E-state index >= 15 is 4.39 Å². The van der Waals surface area contributed by atoms with Gasteiger partial charge in [0.25, 0.3) is 5.91 Å². The Morgan fingerprint density at radius 2 is 2.09 bits per heavy atom. The molecule has 0 aromatic carbocycles. The van der Waals surface area contributed by atoms with Crippen LogP contribution in [0.1, 0.15) is 67.3 Å². The molecule has 2 aliphatic rings. The van der Waals surface area contributed by atoms with Crippen molar-refractivity contribution in [3.8, 4) is 6.07 Å². The molecule has 0 bridgehead atoms. The van der Waals surface area contributed by atoms with Gasteiger partial charge in [-0.2, -0.15) is 5.26 Å². The summed E-state index contributed by atoms with van der Waals surface area (Å²) in [7, 11) is -3.17. The first-order valence-corrected chi connectivity index (χ1v) is 13.3. The molecule has 186 valence electrons. The number of aryl methyl sites for hydroxylation is 1. The molecule has 2 aromatic heterocycles. The number of nitrogens with one attached hydrogen (secondary N) is 2. The maximum atomic E-state index is 15.3. The minimum Gasteiger partial charge on any atom is -0.386 e. The fourth-order valence-corrected chi connectivity index (χ4v) is 8.69.